The molecule has 212 valence electrons. The van der Waals surface area contributed by atoms with E-state index >= 15 is 0 Å². The number of piperidine rings is 1. The Kier molecular flexibility index (Phi) is 11.0. The highest BCUT2D eigenvalue weighted by Gasteiger charge is 2.24. The van der Waals surface area contributed by atoms with Crippen molar-refractivity contribution in [3.8, 4) is 11.5 Å². The number of rotatable bonds is 13. The van der Waals surface area contributed by atoms with Gasteiger partial charge in [0.1, 0.15) is 24.1 Å². The Hall–Kier alpha value is -3.88. The minimum Gasteiger partial charge on any atom is -0.508 e. The number of phenolic OH excluding ortho intramolecular Hbond substituents is 1. The van der Waals surface area contributed by atoms with Crippen molar-refractivity contribution < 1.29 is 19.4 Å². The number of nitrogens with one attached hydrogen (secondary N) is 2. The number of nitrogens with zero attached hydrogens (tertiary/aromatic N) is 1. The molecular weight excluding hydrogens is 504 g/mol. The first-order valence-electron chi connectivity index (χ1n) is 14.1. The van der Waals surface area contributed by atoms with Gasteiger partial charge in [-0.15, -0.1) is 0 Å². The average Bonchev–Trinajstić information content (AvgIpc) is 2.98. The molecular formula is C32H40N4O4. The van der Waals surface area contributed by atoms with Crippen LogP contribution in [0, 0.1) is 0 Å². The fourth-order valence-electron chi connectivity index (χ4n) is 4.81. The van der Waals surface area contributed by atoms with E-state index in [1.54, 1.807) is 24.3 Å². The summed E-state index contributed by atoms with van der Waals surface area (Å²) in [6.07, 6.45) is 4.26. The summed E-state index contributed by atoms with van der Waals surface area (Å²) in [5.41, 5.74) is 9.01. The molecule has 1 aliphatic rings. The molecule has 8 heteroatoms. The summed E-state index contributed by atoms with van der Waals surface area (Å²) in [5.74, 6) is 0.258. The van der Waals surface area contributed by atoms with E-state index in [0.717, 1.165) is 42.1 Å². The molecule has 2 atom stereocenters. The summed E-state index contributed by atoms with van der Waals surface area (Å²) in [7, 11) is 0. The third-order valence-electron chi connectivity index (χ3n) is 7.15. The van der Waals surface area contributed by atoms with Gasteiger partial charge in [0.05, 0.1) is 6.04 Å². The van der Waals surface area contributed by atoms with Gasteiger partial charge in [-0.25, -0.2) is 0 Å². The monoisotopic (exact) mass is 544 g/mol. The molecule has 8 nitrogen and oxygen atoms in total. The molecule has 0 bridgehead atoms. The van der Waals surface area contributed by atoms with Crippen LogP contribution in [0.4, 0.5) is 0 Å². The number of ether oxygens (including phenoxy) is 1. The zero-order valence-electron chi connectivity index (χ0n) is 22.9. The SMILES string of the molecule is NC(Cc1ccc(O)cc1)C(=O)NC(Cc1ccc(OCc2ccccc2)cc1)C(=O)NCCN1CCCCC1. The summed E-state index contributed by atoms with van der Waals surface area (Å²) >= 11 is 0. The molecule has 1 heterocycles. The number of benzene rings is 3. The second-order valence-corrected chi connectivity index (χ2v) is 10.4. The predicted octanol–water partition coefficient (Wildman–Crippen LogP) is 3.17. The zero-order valence-corrected chi connectivity index (χ0v) is 22.9. The second kappa shape index (κ2) is 15.1. The summed E-state index contributed by atoms with van der Waals surface area (Å²) in [6.45, 7) is 3.90. The number of likely N-dealkylation sites (tertiary alicyclic amines) is 1. The van der Waals surface area contributed by atoms with E-state index in [0.29, 0.717) is 26.0 Å². The highest BCUT2D eigenvalue weighted by atomic mass is 16.5. The normalized spacial score (nSPS) is 15.1. The maximum absolute atomic E-state index is 13.2. The van der Waals surface area contributed by atoms with Crippen molar-refractivity contribution in [1.29, 1.82) is 0 Å². The Morgan fingerprint density at radius 1 is 0.825 bits per heavy atom. The first kappa shape index (κ1) is 29.1. The Balaban J connectivity index is 1.36. The van der Waals surface area contributed by atoms with Gasteiger partial charge in [0.2, 0.25) is 11.8 Å². The molecule has 3 aromatic carbocycles. The van der Waals surface area contributed by atoms with Gasteiger partial charge in [-0.2, -0.15) is 0 Å². The summed E-state index contributed by atoms with van der Waals surface area (Å²) < 4.78 is 5.88. The van der Waals surface area contributed by atoms with Crippen molar-refractivity contribution in [2.75, 3.05) is 26.2 Å². The predicted molar refractivity (Wildman–Crippen MR) is 156 cm³/mol. The van der Waals surface area contributed by atoms with E-state index in [1.807, 2.05) is 54.6 Å². The van der Waals surface area contributed by atoms with Crippen molar-refractivity contribution in [3.05, 3.63) is 95.6 Å². The Morgan fingerprint density at radius 3 is 2.17 bits per heavy atom. The van der Waals surface area contributed by atoms with Crippen LogP contribution in [-0.2, 0) is 29.0 Å². The van der Waals surface area contributed by atoms with Gasteiger partial charge in [-0.1, -0.05) is 61.0 Å². The maximum Gasteiger partial charge on any atom is 0.242 e. The average molecular weight is 545 g/mol. The largest absolute Gasteiger partial charge is 0.508 e. The lowest BCUT2D eigenvalue weighted by atomic mass is 10.0. The summed E-state index contributed by atoms with van der Waals surface area (Å²) in [4.78, 5) is 28.6. The zero-order chi connectivity index (χ0) is 28.2. The van der Waals surface area contributed by atoms with E-state index in [2.05, 4.69) is 15.5 Å². The topological polar surface area (TPSA) is 117 Å². The Labute approximate surface area is 236 Å². The third kappa shape index (κ3) is 9.39. The lowest BCUT2D eigenvalue weighted by Gasteiger charge is -2.27. The molecule has 0 spiro atoms. The van der Waals surface area contributed by atoms with Crippen molar-refractivity contribution >= 4 is 11.8 Å². The van der Waals surface area contributed by atoms with E-state index < -0.39 is 18.0 Å². The molecule has 0 radical (unpaired) electrons. The first-order chi connectivity index (χ1) is 19.5. The standard InChI is InChI=1S/C32H40N4O4/c33-29(21-24-9-13-27(37)14-10-24)31(38)35-30(32(39)34-17-20-36-18-5-2-6-19-36)22-25-11-15-28(16-12-25)40-23-26-7-3-1-4-8-26/h1,3-4,7-16,29-30,37H,2,5-6,17-23,33H2,(H,34,39)(H,35,38). The van der Waals surface area contributed by atoms with Gasteiger partial charge >= 0.3 is 0 Å². The Bertz CT molecular complexity index is 1200. The van der Waals surface area contributed by atoms with Crippen molar-refractivity contribution in [1.82, 2.24) is 15.5 Å². The van der Waals surface area contributed by atoms with Crippen molar-refractivity contribution in [3.63, 3.8) is 0 Å². The molecule has 2 unspecified atom stereocenters. The van der Waals surface area contributed by atoms with Crippen LogP contribution >= 0.6 is 0 Å². The number of carbonyl (C=O) groups is 2. The van der Waals surface area contributed by atoms with Gasteiger partial charge < -0.3 is 31.1 Å². The molecule has 1 aliphatic heterocycles. The Morgan fingerprint density at radius 2 is 1.48 bits per heavy atom. The maximum atomic E-state index is 13.2. The summed E-state index contributed by atoms with van der Waals surface area (Å²) in [5, 5.41) is 15.4. The minimum absolute atomic E-state index is 0.152. The first-order valence-corrected chi connectivity index (χ1v) is 14.1. The number of hydrogen-bond acceptors (Lipinski definition) is 6. The third-order valence-corrected chi connectivity index (χ3v) is 7.15. The van der Waals surface area contributed by atoms with E-state index in [-0.39, 0.29) is 11.7 Å². The molecule has 2 amide bonds. The quantitative estimate of drug-likeness (QED) is 0.263. The number of hydrogen-bond donors (Lipinski definition) is 4. The lowest BCUT2D eigenvalue weighted by Crippen LogP contribution is -2.53. The second-order valence-electron chi connectivity index (χ2n) is 10.4. The number of aromatic hydroxyl groups is 1. The van der Waals surface area contributed by atoms with Crippen LogP contribution in [0.2, 0.25) is 0 Å². The van der Waals surface area contributed by atoms with Gasteiger partial charge in [-0.05, 0) is 73.3 Å². The van der Waals surface area contributed by atoms with Gasteiger partial charge in [-0.3, -0.25) is 9.59 Å². The fourth-order valence-corrected chi connectivity index (χ4v) is 4.81. The molecule has 0 saturated carbocycles. The van der Waals surface area contributed by atoms with Crippen LogP contribution in [0.1, 0.15) is 36.0 Å². The van der Waals surface area contributed by atoms with Crippen LogP contribution in [0.3, 0.4) is 0 Å². The smallest absolute Gasteiger partial charge is 0.242 e. The number of carbonyl (C=O) groups excluding carboxylic acids is 2. The van der Waals surface area contributed by atoms with Gasteiger partial charge in [0.15, 0.2) is 0 Å². The minimum atomic E-state index is -0.832. The highest BCUT2D eigenvalue weighted by Crippen LogP contribution is 2.16. The molecule has 0 aromatic heterocycles. The molecule has 1 fully saturated rings. The molecule has 1 saturated heterocycles. The summed E-state index contributed by atoms with van der Waals surface area (Å²) in [6, 6.07) is 22.5. The van der Waals surface area contributed by atoms with Crippen LogP contribution < -0.4 is 21.1 Å². The van der Waals surface area contributed by atoms with Crippen LogP contribution in [0.5, 0.6) is 11.5 Å². The van der Waals surface area contributed by atoms with E-state index in [4.69, 9.17) is 10.5 Å². The molecule has 4 rings (SSSR count). The highest BCUT2D eigenvalue weighted by molar-refractivity contribution is 5.90. The number of amides is 2. The van der Waals surface area contributed by atoms with E-state index in [1.165, 1.54) is 19.3 Å². The van der Waals surface area contributed by atoms with Crippen LogP contribution in [0.15, 0.2) is 78.9 Å². The molecule has 0 aliphatic carbocycles. The van der Waals surface area contributed by atoms with Gasteiger partial charge in [0, 0.05) is 19.5 Å². The fraction of sp³-hybridized carbons (Fsp3) is 0.375. The molecule has 40 heavy (non-hydrogen) atoms. The number of nitrogens with two attached hydrogens (primary N) is 1. The van der Waals surface area contributed by atoms with Crippen molar-refractivity contribution in [2.45, 2.75) is 50.8 Å². The van der Waals surface area contributed by atoms with Crippen molar-refractivity contribution in [2.24, 2.45) is 5.73 Å². The van der Waals surface area contributed by atoms with Crippen LogP contribution in [0.25, 0.3) is 0 Å². The number of phenols is 1. The van der Waals surface area contributed by atoms with Crippen LogP contribution in [-0.4, -0.2) is 60.1 Å². The molecule has 3 aromatic rings. The molecule has 5 N–H and O–H groups in total. The van der Waals surface area contributed by atoms with E-state index in [9.17, 15) is 14.7 Å². The van der Waals surface area contributed by atoms with Gasteiger partial charge in [0.25, 0.3) is 0 Å². The lowest BCUT2D eigenvalue weighted by molar-refractivity contribution is -0.129.